The van der Waals surface area contributed by atoms with E-state index in [0.717, 1.165) is 0 Å². The second-order valence-corrected chi connectivity index (χ2v) is 7.01. The first-order chi connectivity index (χ1) is 11.0. The van der Waals surface area contributed by atoms with Crippen LogP contribution in [0.4, 0.5) is 10.1 Å². The van der Waals surface area contributed by atoms with Gasteiger partial charge in [0.25, 0.3) is 5.91 Å². The molecule has 0 spiro atoms. The lowest BCUT2D eigenvalue weighted by Gasteiger charge is -2.16. The molecule has 0 saturated carbocycles. The van der Waals surface area contributed by atoms with Crippen LogP contribution in [0.3, 0.4) is 0 Å². The number of aliphatic imine (C=N–C) groups is 1. The van der Waals surface area contributed by atoms with E-state index in [1.165, 1.54) is 36.0 Å². The lowest BCUT2D eigenvalue weighted by atomic mass is 10.2. The summed E-state index contributed by atoms with van der Waals surface area (Å²) in [6.07, 6.45) is 0. The van der Waals surface area contributed by atoms with Crippen molar-refractivity contribution >= 4 is 40.1 Å². The molecular formula is C17H14ClFN2OS. The van der Waals surface area contributed by atoms with Crippen molar-refractivity contribution in [2.24, 2.45) is 4.99 Å². The number of carbonyl (C=O) groups excluding carboxylic acids is 1. The highest BCUT2D eigenvalue weighted by Crippen LogP contribution is 2.32. The smallest absolute Gasteiger partial charge is 0.259 e. The molecule has 6 heteroatoms. The summed E-state index contributed by atoms with van der Waals surface area (Å²) in [7, 11) is 0. The van der Waals surface area contributed by atoms with Gasteiger partial charge in [-0.25, -0.2) is 9.38 Å². The average molecular weight is 349 g/mol. The number of thioether (sulfide) groups is 1. The number of amides is 1. The first-order valence-corrected chi connectivity index (χ1v) is 8.37. The van der Waals surface area contributed by atoms with Crippen LogP contribution in [-0.2, 0) is 0 Å². The maximum Gasteiger partial charge on any atom is 0.259 e. The van der Waals surface area contributed by atoms with Gasteiger partial charge in [-0.2, -0.15) is 0 Å². The molecule has 2 aromatic rings. The van der Waals surface area contributed by atoms with E-state index in [4.69, 9.17) is 11.6 Å². The fraction of sp³-hybridized carbons (Fsp3) is 0.176. The Morgan fingerprint density at radius 3 is 2.65 bits per heavy atom. The first-order valence-electron chi connectivity index (χ1n) is 7.12. The fourth-order valence-electron chi connectivity index (χ4n) is 2.27. The summed E-state index contributed by atoms with van der Waals surface area (Å²) in [5.41, 5.74) is 1.07. The third-order valence-corrected chi connectivity index (χ3v) is 4.78. The number of rotatable bonds is 2. The third-order valence-electron chi connectivity index (χ3n) is 3.38. The van der Waals surface area contributed by atoms with Crippen LogP contribution in [-0.4, -0.2) is 27.8 Å². The molecule has 1 aliphatic heterocycles. The van der Waals surface area contributed by atoms with Crippen molar-refractivity contribution in [2.75, 3.05) is 6.54 Å². The zero-order chi connectivity index (χ0) is 16.4. The van der Waals surface area contributed by atoms with Crippen LogP contribution in [0.2, 0.25) is 5.02 Å². The molecule has 1 aliphatic rings. The predicted octanol–water partition coefficient (Wildman–Crippen LogP) is 4.74. The Bertz CT molecular complexity index is 763. The Balaban J connectivity index is 1.92. The monoisotopic (exact) mass is 348 g/mol. The van der Waals surface area contributed by atoms with Crippen molar-refractivity contribution < 1.29 is 9.18 Å². The number of para-hydroxylation sites is 1. The van der Waals surface area contributed by atoms with E-state index in [0.29, 0.717) is 28.0 Å². The minimum Gasteiger partial charge on any atom is -0.286 e. The molecule has 1 atom stereocenters. The van der Waals surface area contributed by atoms with Crippen molar-refractivity contribution in [3.05, 3.63) is 64.9 Å². The lowest BCUT2D eigenvalue weighted by Crippen LogP contribution is -2.32. The summed E-state index contributed by atoms with van der Waals surface area (Å²) in [5, 5.41) is 1.38. The van der Waals surface area contributed by atoms with Gasteiger partial charge in [-0.3, -0.25) is 9.69 Å². The molecule has 2 aromatic carbocycles. The van der Waals surface area contributed by atoms with Gasteiger partial charge >= 0.3 is 0 Å². The molecule has 0 aromatic heterocycles. The summed E-state index contributed by atoms with van der Waals surface area (Å²) in [6.45, 7) is 2.59. The maximum atomic E-state index is 13.0. The largest absolute Gasteiger partial charge is 0.286 e. The van der Waals surface area contributed by atoms with E-state index in [1.807, 2.05) is 19.1 Å². The summed E-state index contributed by atoms with van der Waals surface area (Å²) in [5.74, 6) is -0.552. The highest BCUT2D eigenvalue weighted by molar-refractivity contribution is 8.14. The van der Waals surface area contributed by atoms with E-state index in [1.54, 1.807) is 17.0 Å². The molecule has 3 nitrogen and oxygen atoms in total. The number of halogens is 2. The Morgan fingerprint density at radius 2 is 1.96 bits per heavy atom. The molecule has 1 amide bonds. The summed E-state index contributed by atoms with van der Waals surface area (Å²) < 4.78 is 13.0. The molecule has 0 radical (unpaired) electrons. The van der Waals surface area contributed by atoms with Crippen molar-refractivity contribution in [1.29, 1.82) is 0 Å². The van der Waals surface area contributed by atoms with E-state index in [-0.39, 0.29) is 17.0 Å². The van der Waals surface area contributed by atoms with Gasteiger partial charge in [0.05, 0.1) is 10.7 Å². The van der Waals surface area contributed by atoms with Crippen LogP contribution >= 0.6 is 23.4 Å². The molecule has 3 rings (SSSR count). The zero-order valence-corrected chi connectivity index (χ0v) is 13.9. The van der Waals surface area contributed by atoms with E-state index in [9.17, 15) is 9.18 Å². The van der Waals surface area contributed by atoms with Crippen molar-refractivity contribution in [2.45, 2.75) is 12.2 Å². The molecule has 0 unspecified atom stereocenters. The second-order valence-electron chi connectivity index (χ2n) is 5.20. The quantitative estimate of drug-likeness (QED) is 0.785. The van der Waals surface area contributed by atoms with Gasteiger partial charge in [-0.1, -0.05) is 42.4 Å². The standard InChI is InChI=1S/C17H14ClFN2OS/c1-11-10-21(16(22)12-6-8-13(19)9-7-12)17(23-11)20-15-5-3-2-4-14(15)18/h2-9,11H,10H2,1H3/t11-/m0/s1. The Labute approximate surface area is 143 Å². The molecule has 0 bridgehead atoms. The van der Waals surface area contributed by atoms with Crippen molar-refractivity contribution in [3.8, 4) is 0 Å². The second kappa shape index (κ2) is 6.72. The number of amidine groups is 1. The number of carbonyl (C=O) groups is 1. The zero-order valence-electron chi connectivity index (χ0n) is 12.4. The lowest BCUT2D eigenvalue weighted by molar-refractivity contribution is 0.0855. The summed E-state index contributed by atoms with van der Waals surface area (Å²) >= 11 is 7.66. The van der Waals surface area contributed by atoms with E-state index >= 15 is 0 Å². The van der Waals surface area contributed by atoms with E-state index < -0.39 is 0 Å². The highest BCUT2D eigenvalue weighted by Gasteiger charge is 2.31. The molecule has 1 saturated heterocycles. The molecule has 1 fully saturated rings. The molecule has 0 aliphatic carbocycles. The minimum atomic E-state index is -0.365. The topological polar surface area (TPSA) is 32.7 Å². The molecule has 0 N–H and O–H groups in total. The van der Waals surface area contributed by atoms with Crippen LogP contribution in [0.15, 0.2) is 53.5 Å². The Kier molecular flexibility index (Phi) is 4.68. The van der Waals surface area contributed by atoms with Gasteiger partial charge < -0.3 is 0 Å². The third kappa shape index (κ3) is 3.57. The van der Waals surface area contributed by atoms with Crippen LogP contribution in [0.5, 0.6) is 0 Å². The SMILES string of the molecule is C[C@H]1CN(C(=O)c2ccc(F)cc2)C(=Nc2ccccc2Cl)S1. The van der Waals surface area contributed by atoms with Crippen LogP contribution < -0.4 is 0 Å². The Hall–Kier alpha value is -1.85. The van der Waals surface area contributed by atoms with Gasteiger partial charge in [0.2, 0.25) is 0 Å². The molecule has 118 valence electrons. The summed E-state index contributed by atoms with van der Waals surface area (Å²) in [6, 6.07) is 12.8. The van der Waals surface area contributed by atoms with Crippen molar-refractivity contribution in [1.82, 2.24) is 4.90 Å². The number of benzene rings is 2. The van der Waals surface area contributed by atoms with Gasteiger partial charge in [-0.05, 0) is 36.4 Å². The van der Waals surface area contributed by atoms with Gasteiger partial charge in [0.15, 0.2) is 5.17 Å². The van der Waals surface area contributed by atoms with Gasteiger partial charge in [0.1, 0.15) is 5.82 Å². The predicted molar refractivity (Wildman–Crippen MR) is 93.0 cm³/mol. The summed E-state index contributed by atoms with van der Waals surface area (Å²) in [4.78, 5) is 18.8. The van der Waals surface area contributed by atoms with Crippen molar-refractivity contribution in [3.63, 3.8) is 0 Å². The van der Waals surface area contributed by atoms with Crippen LogP contribution in [0, 0.1) is 5.82 Å². The van der Waals surface area contributed by atoms with Gasteiger partial charge in [0, 0.05) is 17.4 Å². The van der Waals surface area contributed by atoms with Crippen LogP contribution in [0.1, 0.15) is 17.3 Å². The highest BCUT2D eigenvalue weighted by atomic mass is 35.5. The first kappa shape index (κ1) is 16.0. The number of nitrogens with zero attached hydrogens (tertiary/aromatic N) is 2. The Morgan fingerprint density at radius 1 is 1.26 bits per heavy atom. The maximum absolute atomic E-state index is 13.0. The molecule has 23 heavy (non-hydrogen) atoms. The van der Waals surface area contributed by atoms with Gasteiger partial charge in [-0.15, -0.1) is 0 Å². The van der Waals surface area contributed by atoms with E-state index in [2.05, 4.69) is 4.99 Å². The molecular weight excluding hydrogens is 335 g/mol. The average Bonchev–Trinajstić information content (AvgIpc) is 2.90. The number of hydrogen-bond acceptors (Lipinski definition) is 3. The van der Waals surface area contributed by atoms with Crippen LogP contribution in [0.25, 0.3) is 0 Å². The normalized spacial score (nSPS) is 19.3. The minimum absolute atomic E-state index is 0.187. The molecule has 1 heterocycles. The fourth-order valence-corrected chi connectivity index (χ4v) is 3.46. The number of hydrogen-bond donors (Lipinski definition) is 0.